The van der Waals surface area contributed by atoms with E-state index in [4.69, 9.17) is 5.73 Å². The molecule has 0 radical (unpaired) electrons. The van der Waals surface area contributed by atoms with Crippen LogP contribution < -0.4 is 11.1 Å². The number of nitrogens with zero attached hydrogens (tertiary/aromatic N) is 1. The molecule has 0 unspecified atom stereocenters. The van der Waals surface area contributed by atoms with E-state index in [-0.39, 0.29) is 11.3 Å². The van der Waals surface area contributed by atoms with Gasteiger partial charge in [-0.1, -0.05) is 13.8 Å². The highest BCUT2D eigenvalue weighted by Crippen LogP contribution is 2.24. The zero-order chi connectivity index (χ0) is 12.7. The van der Waals surface area contributed by atoms with Gasteiger partial charge in [-0.2, -0.15) is 0 Å². The van der Waals surface area contributed by atoms with Gasteiger partial charge in [-0.25, -0.2) is 0 Å². The molecule has 4 heteroatoms. The topological polar surface area (TPSA) is 58.4 Å². The number of hydrogen-bond acceptors (Lipinski definition) is 3. The number of hydrogen-bond donors (Lipinski definition) is 2. The summed E-state index contributed by atoms with van der Waals surface area (Å²) in [7, 11) is 0. The first-order valence-electron chi connectivity index (χ1n) is 6.89. The van der Waals surface area contributed by atoms with Gasteiger partial charge in [-0.15, -0.1) is 0 Å². The predicted octanol–water partition coefficient (Wildman–Crippen LogP) is 0.964. The van der Waals surface area contributed by atoms with Crippen molar-refractivity contribution in [1.82, 2.24) is 10.2 Å². The van der Waals surface area contributed by atoms with Crippen molar-refractivity contribution >= 4 is 5.91 Å². The Morgan fingerprint density at radius 1 is 1.29 bits per heavy atom. The lowest BCUT2D eigenvalue weighted by molar-refractivity contribution is -0.131. The molecule has 0 aliphatic carbocycles. The van der Waals surface area contributed by atoms with Crippen molar-refractivity contribution in [3.63, 3.8) is 0 Å². The molecule has 1 heterocycles. The molecule has 4 nitrogen and oxygen atoms in total. The van der Waals surface area contributed by atoms with Crippen LogP contribution in [0.2, 0.25) is 0 Å². The van der Waals surface area contributed by atoms with Crippen LogP contribution >= 0.6 is 0 Å². The zero-order valence-corrected chi connectivity index (χ0v) is 11.3. The highest BCUT2D eigenvalue weighted by Gasteiger charge is 2.32. The molecule has 0 saturated carbocycles. The molecule has 0 bridgehead atoms. The Balaban J connectivity index is 2.31. The standard InChI is InChI=1S/C13H27N3O/c1-3-13(4-2,11-14)12(17)15-7-10-16-8-5-6-9-16/h3-11,14H2,1-2H3,(H,15,17). The smallest absolute Gasteiger partial charge is 0.227 e. The second kappa shape index (κ2) is 6.97. The van der Waals surface area contributed by atoms with Crippen molar-refractivity contribution < 1.29 is 4.79 Å². The average molecular weight is 241 g/mol. The van der Waals surface area contributed by atoms with Crippen LogP contribution in [0.25, 0.3) is 0 Å². The maximum Gasteiger partial charge on any atom is 0.227 e. The minimum Gasteiger partial charge on any atom is -0.354 e. The number of carbonyl (C=O) groups is 1. The molecular weight excluding hydrogens is 214 g/mol. The van der Waals surface area contributed by atoms with E-state index in [2.05, 4.69) is 10.2 Å². The first-order chi connectivity index (χ1) is 8.18. The highest BCUT2D eigenvalue weighted by atomic mass is 16.2. The predicted molar refractivity (Wildman–Crippen MR) is 70.8 cm³/mol. The molecule has 0 aromatic heterocycles. The Bertz CT molecular complexity index is 225. The summed E-state index contributed by atoms with van der Waals surface area (Å²) in [6.45, 7) is 8.60. The van der Waals surface area contributed by atoms with Crippen molar-refractivity contribution in [3.8, 4) is 0 Å². The van der Waals surface area contributed by atoms with Gasteiger partial charge < -0.3 is 16.0 Å². The molecule has 0 aromatic rings. The molecule has 0 spiro atoms. The van der Waals surface area contributed by atoms with Crippen LogP contribution in [0, 0.1) is 5.41 Å². The number of nitrogens with one attached hydrogen (secondary N) is 1. The zero-order valence-electron chi connectivity index (χ0n) is 11.3. The summed E-state index contributed by atoms with van der Waals surface area (Å²) in [5, 5.41) is 3.04. The van der Waals surface area contributed by atoms with Crippen LogP contribution in [-0.4, -0.2) is 43.5 Å². The minimum absolute atomic E-state index is 0.129. The van der Waals surface area contributed by atoms with Crippen molar-refractivity contribution in [1.29, 1.82) is 0 Å². The van der Waals surface area contributed by atoms with Gasteiger partial charge in [-0.05, 0) is 38.8 Å². The second-order valence-electron chi connectivity index (χ2n) is 5.00. The number of likely N-dealkylation sites (tertiary alicyclic amines) is 1. The van der Waals surface area contributed by atoms with Crippen LogP contribution in [0.5, 0.6) is 0 Å². The molecule has 1 amide bonds. The normalized spacial score (nSPS) is 17.4. The summed E-state index contributed by atoms with van der Waals surface area (Å²) in [4.78, 5) is 14.5. The Labute approximate surface area is 105 Å². The van der Waals surface area contributed by atoms with E-state index in [0.29, 0.717) is 6.54 Å². The van der Waals surface area contributed by atoms with Gasteiger partial charge in [0.15, 0.2) is 0 Å². The van der Waals surface area contributed by atoms with Gasteiger partial charge in [0.25, 0.3) is 0 Å². The first-order valence-corrected chi connectivity index (χ1v) is 6.89. The molecule has 1 saturated heterocycles. The minimum atomic E-state index is -0.356. The summed E-state index contributed by atoms with van der Waals surface area (Å²) >= 11 is 0. The average Bonchev–Trinajstić information content (AvgIpc) is 2.85. The summed E-state index contributed by atoms with van der Waals surface area (Å²) in [6, 6.07) is 0. The summed E-state index contributed by atoms with van der Waals surface area (Å²) in [5.74, 6) is 0.129. The fraction of sp³-hybridized carbons (Fsp3) is 0.923. The van der Waals surface area contributed by atoms with Crippen LogP contribution in [0.15, 0.2) is 0 Å². The van der Waals surface area contributed by atoms with Crippen LogP contribution in [0.3, 0.4) is 0 Å². The lowest BCUT2D eigenvalue weighted by Crippen LogP contribution is -2.47. The number of carbonyl (C=O) groups excluding carboxylic acids is 1. The summed E-state index contributed by atoms with van der Waals surface area (Å²) < 4.78 is 0. The number of nitrogens with two attached hydrogens (primary N) is 1. The monoisotopic (exact) mass is 241 g/mol. The Morgan fingerprint density at radius 3 is 2.35 bits per heavy atom. The van der Waals surface area contributed by atoms with Gasteiger partial charge >= 0.3 is 0 Å². The van der Waals surface area contributed by atoms with E-state index in [1.54, 1.807) is 0 Å². The summed E-state index contributed by atoms with van der Waals surface area (Å²) in [5.41, 5.74) is 5.40. The van der Waals surface area contributed by atoms with Gasteiger partial charge in [0.2, 0.25) is 5.91 Å². The highest BCUT2D eigenvalue weighted by molar-refractivity contribution is 5.82. The third-order valence-corrected chi connectivity index (χ3v) is 4.14. The molecule has 1 fully saturated rings. The number of amides is 1. The molecule has 17 heavy (non-hydrogen) atoms. The molecule has 0 aromatic carbocycles. The molecule has 1 aliphatic heterocycles. The lowest BCUT2D eigenvalue weighted by atomic mass is 9.81. The van der Waals surface area contributed by atoms with Gasteiger partial charge in [0.05, 0.1) is 5.41 Å². The molecule has 1 aliphatic rings. The fourth-order valence-electron chi connectivity index (χ4n) is 2.47. The molecular formula is C13H27N3O. The molecule has 0 atom stereocenters. The number of rotatable bonds is 7. The first kappa shape index (κ1) is 14.5. The maximum absolute atomic E-state index is 12.1. The fourth-order valence-corrected chi connectivity index (χ4v) is 2.47. The SMILES string of the molecule is CCC(CC)(CN)C(=O)NCCN1CCCC1. The van der Waals surface area contributed by atoms with E-state index < -0.39 is 0 Å². The lowest BCUT2D eigenvalue weighted by Gasteiger charge is -2.29. The Hall–Kier alpha value is -0.610. The Morgan fingerprint density at radius 2 is 1.88 bits per heavy atom. The van der Waals surface area contributed by atoms with Crippen LogP contribution in [-0.2, 0) is 4.79 Å². The van der Waals surface area contributed by atoms with Gasteiger partial charge in [-0.3, -0.25) is 4.79 Å². The van der Waals surface area contributed by atoms with Crippen molar-refractivity contribution in [2.75, 3.05) is 32.7 Å². The van der Waals surface area contributed by atoms with E-state index in [1.165, 1.54) is 25.9 Å². The van der Waals surface area contributed by atoms with Crippen molar-refractivity contribution in [2.24, 2.45) is 11.1 Å². The van der Waals surface area contributed by atoms with Crippen LogP contribution in [0.1, 0.15) is 39.5 Å². The Kier molecular flexibility index (Phi) is 5.92. The van der Waals surface area contributed by atoms with Gasteiger partial charge in [0.1, 0.15) is 0 Å². The van der Waals surface area contributed by atoms with E-state index in [0.717, 1.165) is 25.9 Å². The molecule has 100 valence electrons. The van der Waals surface area contributed by atoms with E-state index in [9.17, 15) is 4.79 Å². The largest absolute Gasteiger partial charge is 0.354 e. The van der Waals surface area contributed by atoms with E-state index in [1.807, 2.05) is 13.8 Å². The van der Waals surface area contributed by atoms with Gasteiger partial charge in [0, 0.05) is 19.6 Å². The third kappa shape index (κ3) is 3.68. The maximum atomic E-state index is 12.1. The van der Waals surface area contributed by atoms with Crippen molar-refractivity contribution in [2.45, 2.75) is 39.5 Å². The second-order valence-corrected chi connectivity index (χ2v) is 5.00. The van der Waals surface area contributed by atoms with Crippen LogP contribution in [0.4, 0.5) is 0 Å². The molecule has 3 N–H and O–H groups in total. The van der Waals surface area contributed by atoms with E-state index >= 15 is 0 Å². The quantitative estimate of drug-likeness (QED) is 0.698. The molecule has 1 rings (SSSR count). The third-order valence-electron chi connectivity index (χ3n) is 4.14. The van der Waals surface area contributed by atoms with Crippen molar-refractivity contribution in [3.05, 3.63) is 0 Å². The summed E-state index contributed by atoms with van der Waals surface area (Å²) in [6.07, 6.45) is 4.22.